The number of aryl methyl sites for hydroxylation is 1. The maximum atomic E-state index is 9.40. The maximum Gasteiger partial charge on any atom is 0.118 e. The molecule has 0 amide bonds. The number of phenols is 1. The highest BCUT2D eigenvalue weighted by Gasteiger charge is 2.16. The maximum absolute atomic E-state index is 9.40. The summed E-state index contributed by atoms with van der Waals surface area (Å²) in [7, 11) is 0. The third-order valence-electron chi connectivity index (χ3n) is 1.90. The molecule has 2 heteroatoms. The lowest BCUT2D eigenvalue weighted by Gasteiger charge is -2.16. The van der Waals surface area contributed by atoms with Crippen LogP contribution in [0.15, 0.2) is 18.2 Å². The fraction of sp³-hybridized carbons (Fsp3) is 0.400. The number of halogens is 1. The van der Waals surface area contributed by atoms with Gasteiger partial charge in [0.25, 0.3) is 0 Å². The predicted molar refractivity (Wildman–Crippen MR) is 51.7 cm³/mol. The molecular weight excluding hydrogens is 172 g/mol. The third-order valence-corrected chi connectivity index (χ3v) is 2.11. The smallest absolute Gasteiger partial charge is 0.118 e. The van der Waals surface area contributed by atoms with Crippen LogP contribution in [0.25, 0.3) is 0 Å². The van der Waals surface area contributed by atoms with Crippen molar-refractivity contribution < 1.29 is 5.11 Å². The van der Waals surface area contributed by atoms with Gasteiger partial charge in [-0.15, -0.1) is 11.6 Å². The minimum absolute atomic E-state index is 0.307. The average molecular weight is 185 g/mol. The summed E-state index contributed by atoms with van der Waals surface area (Å²) in [5.74, 6) is 0.307. The first-order valence-corrected chi connectivity index (χ1v) is 4.28. The van der Waals surface area contributed by atoms with Gasteiger partial charge in [-0.1, -0.05) is 12.1 Å². The molecule has 1 rings (SSSR count). The fourth-order valence-electron chi connectivity index (χ4n) is 0.979. The first-order valence-electron chi connectivity index (χ1n) is 3.90. The summed E-state index contributed by atoms with van der Waals surface area (Å²) in [5.41, 5.74) is 1.81. The van der Waals surface area contributed by atoms with Crippen molar-refractivity contribution in [1.82, 2.24) is 0 Å². The van der Waals surface area contributed by atoms with Crippen molar-refractivity contribution in [1.29, 1.82) is 0 Å². The standard InChI is InChI=1S/C10H13ClO/c1-7-4-5-8(6-9(7)12)10(2,3)11/h4-6,12H,1-3H3. The zero-order valence-corrected chi connectivity index (χ0v) is 8.31. The van der Waals surface area contributed by atoms with E-state index in [0.717, 1.165) is 11.1 Å². The molecule has 1 N–H and O–H groups in total. The zero-order valence-electron chi connectivity index (χ0n) is 7.56. The number of hydrogen-bond acceptors (Lipinski definition) is 1. The van der Waals surface area contributed by atoms with Crippen molar-refractivity contribution in [3.63, 3.8) is 0 Å². The Bertz CT molecular complexity index is 286. The number of aromatic hydroxyl groups is 1. The number of hydrogen-bond donors (Lipinski definition) is 1. The van der Waals surface area contributed by atoms with Crippen LogP contribution in [-0.2, 0) is 4.87 Å². The van der Waals surface area contributed by atoms with Gasteiger partial charge in [-0.05, 0) is 38.0 Å². The van der Waals surface area contributed by atoms with Crippen LogP contribution in [0, 0.1) is 6.92 Å². The number of benzene rings is 1. The molecule has 0 spiro atoms. The molecule has 0 saturated heterocycles. The van der Waals surface area contributed by atoms with Crippen LogP contribution in [0.3, 0.4) is 0 Å². The molecule has 0 aliphatic rings. The van der Waals surface area contributed by atoms with Gasteiger partial charge in [0, 0.05) is 0 Å². The minimum Gasteiger partial charge on any atom is -0.508 e. The Morgan fingerprint density at radius 1 is 1.33 bits per heavy atom. The Labute approximate surface area is 78.0 Å². The molecule has 1 aromatic rings. The highest BCUT2D eigenvalue weighted by atomic mass is 35.5. The van der Waals surface area contributed by atoms with E-state index in [1.165, 1.54) is 0 Å². The second-order valence-corrected chi connectivity index (χ2v) is 4.42. The third kappa shape index (κ3) is 1.92. The summed E-state index contributed by atoms with van der Waals surface area (Å²) in [6.45, 7) is 5.66. The van der Waals surface area contributed by atoms with E-state index in [9.17, 15) is 5.11 Å². The van der Waals surface area contributed by atoms with Gasteiger partial charge in [-0.3, -0.25) is 0 Å². The van der Waals surface area contributed by atoms with Crippen molar-refractivity contribution in [2.45, 2.75) is 25.6 Å². The lowest BCUT2D eigenvalue weighted by atomic mass is 10.0. The second kappa shape index (κ2) is 2.98. The Kier molecular flexibility index (Phi) is 2.34. The molecule has 0 aliphatic heterocycles. The quantitative estimate of drug-likeness (QED) is 0.665. The zero-order chi connectivity index (χ0) is 9.35. The summed E-state index contributed by atoms with van der Waals surface area (Å²) in [6, 6.07) is 5.51. The predicted octanol–water partition coefficient (Wildman–Crippen LogP) is 3.17. The summed E-state index contributed by atoms with van der Waals surface area (Å²) in [5, 5.41) is 9.40. The molecule has 0 radical (unpaired) electrons. The van der Waals surface area contributed by atoms with Crippen LogP contribution >= 0.6 is 11.6 Å². The fourth-order valence-corrected chi connectivity index (χ4v) is 1.10. The Balaban J connectivity index is 3.14. The van der Waals surface area contributed by atoms with E-state index in [-0.39, 0.29) is 0 Å². The number of rotatable bonds is 1. The highest BCUT2D eigenvalue weighted by molar-refractivity contribution is 6.23. The molecular formula is C10H13ClO. The van der Waals surface area contributed by atoms with Crippen molar-refractivity contribution in [2.75, 3.05) is 0 Å². The van der Waals surface area contributed by atoms with E-state index in [1.54, 1.807) is 6.07 Å². The monoisotopic (exact) mass is 184 g/mol. The lowest BCUT2D eigenvalue weighted by Crippen LogP contribution is -2.06. The van der Waals surface area contributed by atoms with Crippen LogP contribution in [0.5, 0.6) is 5.75 Å². The molecule has 0 bridgehead atoms. The van der Waals surface area contributed by atoms with E-state index >= 15 is 0 Å². The average Bonchev–Trinajstić information content (AvgIpc) is 1.92. The molecule has 0 atom stereocenters. The molecule has 1 aromatic carbocycles. The van der Waals surface area contributed by atoms with Gasteiger partial charge in [0.1, 0.15) is 5.75 Å². The molecule has 0 fully saturated rings. The first-order chi connectivity index (χ1) is 5.41. The summed E-state index contributed by atoms with van der Waals surface area (Å²) >= 11 is 6.07. The van der Waals surface area contributed by atoms with Crippen LogP contribution in [-0.4, -0.2) is 5.11 Å². The molecule has 0 heterocycles. The largest absolute Gasteiger partial charge is 0.508 e. The van der Waals surface area contributed by atoms with Gasteiger partial charge in [0.05, 0.1) is 4.87 Å². The molecule has 66 valence electrons. The van der Waals surface area contributed by atoms with E-state index in [4.69, 9.17) is 11.6 Å². The van der Waals surface area contributed by atoms with E-state index in [1.807, 2.05) is 32.9 Å². The van der Waals surface area contributed by atoms with Crippen LogP contribution in [0.4, 0.5) is 0 Å². The van der Waals surface area contributed by atoms with Gasteiger partial charge >= 0.3 is 0 Å². The van der Waals surface area contributed by atoms with Crippen LogP contribution in [0.2, 0.25) is 0 Å². The number of phenolic OH excluding ortho intramolecular Hbond substituents is 1. The molecule has 0 unspecified atom stereocenters. The summed E-state index contributed by atoms with van der Waals surface area (Å²) < 4.78 is 0. The Morgan fingerprint density at radius 3 is 2.33 bits per heavy atom. The van der Waals surface area contributed by atoms with Crippen molar-refractivity contribution in [3.05, 3.63) is 29.3 Å². The highest BCUT2D eigenvalue weighted by Crippen LogP contribution is 2.30. The van der Waals surface area contributed by atoms with Gasteiger partial charge in [-0.25, -0.2) is 0 Å². The van der Waals surface area contributed by atoms with Crippen LogP contribution < -0.4 is 0 Å². The van der Waals surface area contributed by atoms with Crippen molar-refractivity contribution >= 4 is 11.6 Å². The molecule has 1 nitrogen and oxygen atoms in total. The van der Waals surface area contributed by atoms with E-state index in [2.05, 4.69) is 0 Å². The van der Waals surface area contributed by atoms with Gasteiger partial charge < -0.3 is 5.11 Å². The van der Waals surface area contributed by atoms with Crippen LogP contribution in [0.1, 0.15) is 25.0 Å². The summed E-state index contributed by atoms with van der Waals surface area (Å²) in [4.78, 5) is -0.412. The van der Waals surface area contributed by atoms with Gasteiger partial charge in [-0.2, -0.15) is 0 Å². The Hall–Kier alpha value is -0.690. The molecule has 0 aromatic heterocycles. The van der Waals surface area contributed by atoms with E-state index < -0.39 is 4.87 Å². The molecule has 0 aliphatic carbocycles. The Morgan fingerprint density at radius 2 is 1.92 bits per heavy atom. The normalized spacial score (nSPS) is 11.7. The number of alkyl halides is 1. The van der Waals surface area contributed by atoms with Crippen molar-refractivity contribution in [2.24, 2.45) is 0 Å². The summed E-state index contributed by atoms with van der Waals surface area (Å²) in [6.07, 6.45) is 0. The van der Waals surface area contributed by atoms with Crippen molar-refractivity contribution in [3.8, 4) is 5.75 Å². The van der Waals surface area contributed by atoms with E-state index in [0.29, 0.717) is 5.75 Å². The molecule has 0 saturated carbocycles. The van der Waals surface area contributed by atoms with Gasteiger partial charge in [0.15, 0.2) is 0 Å². The topological polar surface area (TPSA) is 20.2 Å². The minimum atomic E-state index is -0.412. The second-order valence-electron chi connectivity index (χ2n) is 3.47. The first kappa shape index (κ1) is 9.40. The SMILES string of the molecule is Cc1ccc(C(C)(C)Cl)cc1O. The lowest BCUT2D eigenvalue weighted by molar-refractivity contribution is 0.469. The van der Waals surface area contributed by atoms with Gasteiger partial charge in [0.2, 0.25) is 0 Å². The molecule has 12 heavy (non-hydrogen) atoms.